The van der Waals surface area contributed by atoms with Crippen molar-refractivity contribution in [2.24, 2.45) is 17.1 Å². The van der Waals surface area contributed by atoms with Gasteiger partial charge in [0, 0.05) is 19.5 Å². The fourth-order valence-electron chi connectivity index (χ4n) is 2.78. The van der Waals surface area contributed by atoms with Crippen molar-refractivity contribution in [2.75, 3.05) is 13.1 Å². The molecule has 1 saturated carbocycles. The Kier molecular flexibility index (Phi) is 4.64. The molecule has 106 valence electrons. The summed E-state index contributed by atoms with van der Waals surface area (Å²) in [5, 5.41) is 3.02. The molecule has 1 heterocycles. The van der Waals surface area contributed by atoms with E-state index in [0.29, 0.717) is 13.1 Å². The lowest BCUT2D eigenvalue weighted by atomic mass is 9.70. The quantitative estimate of drug-likeness (QED) is 0.855. The number of furan rings is 1. The highest BCUT2D eigenvalue weighted by Crippen LogP contribution is 2.38. The number of hydrogen-bond acceptors (Lipinski definition) is 3. The van der Waals surface area contributed by atoms with Gasteiger partial charge in [0.15, 0.2) is 0 Å². The molecule has 0 aromatic carbocycles. The normalized spacial score (nSPS) is 27.2. The van der Waals surface area contributed by atoms with Gasteiger partial charge >= 0.3 is 0 Å². The van der Waals surface area contributed by atoms with Crippen molar-refractivity contribution in [1.82, 2.24) is 5.32 Å². The van der Waals surface area contributed by atoms with E-state index < -0.39 is 0 Å². The molecule has 0 spiro atoms. The molecule has 1 aliphatic carbocycles. The van der Waals surface area contributed by atoms with Crippen LogP contribution in [0.1, 0.15) is 38.4 Å². The molecule has 0 bridgehead atoms. The molecule has 0 unspecified atom stereocenters. The summed E-state index contributed by atoms with van der Waals surface area (Å²) in [7, 11) is 0. The number of hydrogen-bond donors (Lipinski definition) is 2. The lowest BCUT2D eigenvalue weighted by Crippen LogP contribution is -2.48. The lowest BCUT2D eigenvalue weighted by Gasteiger charge is -2.37. The van der Waals surface area contributed by atoms with E-state index in [4.69, 9.17) is 10.2 Å². The molecule has 1 aliphatic rings. The molecule has 0 saturated heterocycles. The minimum absolute atomic E-state index is 0.119. The number of carbonyl (C=O) groups excluding carboxylic acids is 1. The van der Waals surface area contributed by atoms with Gasteiger partial charge in [-0.3, -0.25) is 4.79 Å². The van der Waals surface area contributed by atoms with Crippen LogP contribution in [0.2, 0.25) is 0 Å². The van der Waals surface area contributed by atoms with Crippen molar-refractivity contribution in [3.63, 3.8) is 0 Å². The molecule has 1 aromatic rings. The maximum absolute atomic E-state index is 12.4. The van der Waals surface area contributed by atoms with Crippen molar-refractivity contribution in [3.8, 4) is 0 Å². The second kappa shape index (κ2) is 6.24. The van der Waals surface area contributed by atoms with E-state index in [1.165, 1.54) is 0 Å². The minimum Gasteiger partial charge on any atom is -0.469 e. The zero-order valence-corrected chi connectivity index (χ0v) is 11.7. The van der Waals surface area contributed by atoms with Gasteiger partial charge in [0.25, 0.3) is 0 Å². The molecule has 0 radical (unpaired) electrons. The number of amides is 1. The van der Waals surface area contributed by atoms with Gasteiger partial charge in [0.1, 0.15) is 5.76 Å². The van der Waals surface area contributed by atoms with E-state index in [2.05, 4.69) is 12.2 Å². The monoisotopic (exact) mass is 264 g/mol. The van der Waals surface area contributed by atoms with E-state index in [1.807, 2.05) is 12.1 Å². The Hall–Kier alpha value is -1.29. The minimum atomic E-state index is -0.338. The molecule has 19 heavy (non-hydrogen) atoms. The molecule has 1 fully saturated rings. The van der Waals surface area contributed by atoms with E-state index in [-0.39, 0.29) is 11.3 Å². The first-order valence-corrected chi connectivity index (χ1v) is 7.17. The standard InChI is InChI=1S/C15H24N2O2/c1-12-4-7-15(11-16,8-5-12)14(18)17-9-6-13-3-2-10-19-13/h2-3,10,12H,4-9,11,16H2,1H3,(H,17,18). The molecule has 2 rings (SSSR count). The molecule has 3 N–H and O–H groups in total. The fraction of sp³-hybridized carbons (Fsp3) is 0.667. The largest absolute Gasteiger partial charge is 0.469 e. The Morgan fingerprint density at radius 2 is 2.26 bits per heavy atom. The predicted octanol–water partition coefficient (Wildman–Crippen LogP) is 2.09. The van der Waals surface area contributed by atoms with Gasteiger partial charge < -0.3 is 15.5 Å². The van der Waals surface area contributed by atoms with Crippen LogP contribution >= 0.6 is 0 Å². The van der Waals surface area contributed by atoms with Gasteiger partial charge in [0.2, 0.25) is 5.91 Å². The summed E-state index contributed by atoms with van der Waals surface area (Å²) in [6, 6.07) is 3.79. The first kappa shape index (κ1) is 14.1. The highest BCUT2D eigenvalue weighted by atomic mass is 16.3. The van der Waals surface area contributed by atoms with Crippen molar-refractivity contribution >= 4 is 5.91 Å². The summed E-state index contributed by atoms with van der Waals surface area (Å²) in [4.78, 5) is 12.4. The molecule has 1 aromatic heterocycles. The summed E-state index contributed by atoms with van der Waals surface area (Å²) in [5.41, 5.74) is 5.53. The molecule has 0 aliphatic heterocycles. The van der Waals surface area contributed by atoms with Crippen molar-refractivity contribution < 1.29 is 9.21 Å². The summed E-state index contributed by atoms with van der Waals surface area (Å²) < 4.78 is 5.25. The highest BCUT2D eigenvalue weighted by molar-refractivity contribution is 5.83. The number of nitrogens with two attached hydrogens (primary N) is 1. The van der Waals surface area contributed by atoms with Gasteiger partial charge in [-0.2, -0.15) is 0 Å². The van der Waals surface area contributed by atoms with E-state index in [9.17, 15) is 4.79 Å². The van der Waals surface area contributed by atoms with Crippen LogP contribution in [-0.2, 0) is 11.2 Å². The van der Waals surface area contributed by atoms with E-state index >= 15 is 0 Å². The van der Waals surface area contributed by atoms with Gasteiger partial charge in [-0.05, 0) is 43.7 Å². The van der Waals surface area contributed by atoms with Crippen molar-refractivity contribution in [3.05, 3.63) is 24.2 Å². The van der Waals surface area contributed by atoms with Crippen LogP contribution in [0.5, 0.6) is 0 Å². The molecular formula is C15H24N2O2. The fourth-order valence-corrected chi connectivity index (χ4v) is 2.78. The Morgan fingerprint density at radius 1 is 1.53 bits per heavy atom. The molecular weight excluding hydrogens is 240 g/mol. The van der Waals surface area contributed by atoms with Gasteiger partial charge in [-0.1, -0.05) is 6.92 Å². The van der Waals surface area contributed by atoms with Crippen LogP contribution in [0.4, 0.5) is 0 Å². The average molecular weight is 264 g/mol. The van der Waals surface area contributed by atoms with E-state index in [0.717, 1.165) is 43.8 Å². The predicted molar refractivity (Wildman–Crippen MR) is 74.5 cm³/mol. The average Bonchev–Trinajstić information content (AvgIpc) is 2.93. The van der Waals surface area contributed by atoms with Gasteiger partial charge in [-0.25, -0.2) is 0 Å². The maximum atomic E-state index is 12.4. The topological polar surface area (TPSA) is 68.3 Å². The van der Waals surface area contributed by atoms with Crippen molar-refractivity contribution in [2.45, 2.75) is 39.0 Å². The first-order valence-electron chi connectivity index (χ1n) is 7.17. The highest BCUT2D eigenvalue weighted by Gasteiger charge is 2.39. The summed E-state index contributed by atoms with van der Waals surface area (Å²) >= 11 is 0. The smallest absolute Gasteiger partial charge is 0.227 e. The zero-order valence-electron chi connectivity index (χ0n) is 11.7. The van der Waals surface area contributed by atoms with Gasteiger partial charge in [-0.15, -0.1) is 0 Å². The molecule has 4 heteroatoms. The second-order valence-electron chi connectivity index (χ2n) is 5.75. The number of nitrogens with one attached hydrogen (secondary N) is 1. The lowest BCUT2D eigenvalue weighted by molar-refractivity contribution is -0.132. The Morgan fingerprint density at radius 3 is 2.84 bits per heavy atom. The number of carbonyl (C=O) groups is 1. The maximum Gasteiger partial charge on any atom is 0.227 e. The Labute approximate surface area is 114 Å². The second-order valence-corrected chi connectivity index (χ2v) is 5.75. The first-order chi connectivity index (χ1) is 9.16. The van der Waals surface area contributed by atoms with Crippen LogP contribution in [0, 0.1) is 11.3 Å². The van der Waals surface area contributed by atoms with Crippen LogP contribution in [0.25, 0.3) is 0 Å². The third kappa shape index (κ3) is 3.38. The van der Waals surface area contributed by atoms with Crippen LogP contribution < -0.4 is 11.1 Å². The number of rotatable bonds is 5. The van der Waals surface area contributed by atoms with Crippen LogP contribution in [0.3, 0.4) is 0 Å². The SMILES string of the molecule is CC1CCC(CN)(C(=O)NCCc2ccco2)CC1. The molecule has 0 atom stereocenters. The van der Waals surface area contributed by atoms with E-state index in [1.54, 1.807) is 6.26 Å². The third-order valence-electron chi connectivity index (χ3n) is 4.34. The van der Waals surface area contributed by atoms with Crippen LogP contribution in [0.15, 0.2) is 22.8 Å². The summed E-state index contributed by atoms with van der Waals surface area (Å²) in [6.45, 7) is 3.31. The molecule has 1 amide bonds. The Balaban J connectivity index is 1.83. The van der Waals surface area contributed by atoms with Crippen LogP contribution in [-0.4, -0.2) is 19.0 Å². The zero-order chi connectivity index (χ0) is 13.7. The molecule has 4 nitrogen and oxygen atoms in total. The third-order valence-corrected chi connectivity index (χ3v) is 4.34. The summed E-state index contributed by atoms with van der Waals surface area (Å²) in [5.74, 6) is 1.74. The summed E-state index contributed by atoms with van der Waals surface area (Å²) in [6.07, 6.45) is 6.41. The van der Waals surface area contributed by atoms with Gasteiger partial charge in [0.05, 0.1) is 11.7 Å². The van der Waals surface area contributed by atoms with Crippen molar-refractivity contribution in [1.29, 1.82) is 0 Å². The Bertz CT molecular complexity index is 392.